The number of hydrogen-bond acceptors (Lipinski definition) is 3. The second kappa shape index (κ2) is 5.75. The minimum absolute atomic E-state index is 0.271. The summed E-state index contributed by atoms with van der Waals surface area (Å²) in [5, 5.41) is 0. The molecular weight excluding hydrogens is 255 g/mol. The normalized spacial score (nSPS) is 20.2. The van der Waals surface area contributed by atoms with Gasteiger partial charge in [-0.2, -0.15) is 0 Å². The minimum atomic E-state index is -0.271. The molecule has 1 fully saturated rings. The van der Waals surface area contributed by atoms with Gasteiger partial charge in [-0.1, -0.05) is 13.0 Å². The van der Waals surface area contributed by atoms with Crippen molar-refractivity contribution < 1.29 is 8.81 Å². The lowest BCUT2D eigenvalue weighted by Crippen LogP contribution is -2.33. The van der Waals surface area contributed by atoms with Crippen LogP contribution in [0.1, 0.15) is 25.5 Å². The summed E-state index contributed by atoms with van der Waals surface area (Å²) in [5.41, 5.74) is 1.60. The van der Waals surface area contributed by atoms with Gasteiger partial charge < -0.3 is 4.42 Å². The lowest BCUT2D eigenvalue weighted by molar-refractivity contribution is 0.175. The van der Waals surface area contributed by atoms with E-state index >= 15 is 0 Å². The topological polar surface area (TPSA) is 29.3 Å². The molecule has 20 heavy (non-hydrogen) atoms. The fourth-order valence-corrected chi connectivity index (χ4v) is 2.79. The highest BCUT2D eigenvalue weighted by Gasteiger charge is 2.18. The van der Waals surface area contributed by atoms with E-state index in [9.17, 15) is 4.39 Å². The number of halogens is 1. The maximum absolute atomic E-state index is 13.2. The van der Waals surface area contributed by atoms with Crippen LogP contribution in [0.5, 0.6) is 0 Å². The fourth-order valence-electron chi connectivity index (χ4n) is 2.79. The molecule has 1 aromatic carbocycles. The number of likely N-dealkylation sites (tertiary alicyclic amines) is 1. The molecule has 0 saturated carbocycles. The summed E-state index contributed by atoms with van der Waals surface area (Å²) in [6, 6.07) is 6.34. The summed E-state index contributed by atoms with van der Waals surface area (Å²) in [5.74, 6) is 0.968. The van der Waals surface area contributed by atoms with Crippen LogP contribution in [0.2, 0.25) is 0 Å². The molecule has 1 aliphatic rings. The number of aromatic nitrogens is 1. The molecule has 1 aromatic heterocycles. The van der Waals surface area contributed by atoms with Crippen molar-refractivity contribution in [2.75, 3.05) is 13.1 Å². The van der Waals surface area contributed by atoms with E-state index in [1.807, 2.05) is 6.07 Å². The van der Waals surface area contributed by atoms with E-state index < -0.39 is 0 Å². The average molecular weight is 274 g/mol. The van der Waals surface area contributed by atoms with Gasteiger partial charge in [0.05, 0.1) is 5.69 Å². The maximum Gasteiger partial charge on any atom is 0.226 e. The smallest absolute Gasteiger partial charge is 0.226 e. The molecule has 0 N–H and O–H groups in total. The lowest BCUT2D eigenvalue weighted by Gasteiger charge is -2.29. The molecule has 0 radical (unpaired) electrons. The van der Waals surface area contributed by atoms with Crippen LogP contribution in [-0.4, -0.2) is 23.0 Å². The monoisotopic (exact) mass is 274 g/mol. The first-order chi connectivity index (χ1) is 9.70. The highest BCUT2D eigenvalue weighted by molar-refractivity contribution is 5.52. The van der Waals surface area contributed by atoms with E-state index in [-0.39, 0.29) is 5.82 Å². The first-order valence-corrected chi connectivity index (χ1v) is 7.13. The quantitative estimate of drug-likeness (QED) is 0.854. The SMILES string of the molecule is C[C@H]1CCCN(Cc2coc(-c3cccc(F)c3)n2)C1. The molecular formula is C16H19FN2O. The van der Waals surface area contributed by atoms with E-state index in [0.29, 0.717) is 11.5 Å². The van der Waals surface area contributed by atoms with E-state index in [0.717, 1.165) is 31.2 Å². The highest BCUT2D eigenvalue weighted by atomic mass is 19.1. The zero-order valence-electron chi connectivity index (χ0n) is 11.7. The molecule has 1 atom stereocenters. The molecule has 3 rings (SSSR count). The van der Waals surface area contributed by atoms with Crippen molar-refractivity contribution >= 4 is 0 Å². The van der Waals surface area contributed by atoms with Crippen LogP contribution in [0, 0.1) is 11.7 Å². The Hall–Kier alpha value is -1.68. The van der Waals surface area contributed by atoms with Gasteiger partial charge in [0.1, 0.15) is 12.1 Å². The van der Waals surface area contributed by atoms with Gasteiger partial charge in [-0.25, -0.2) is 9.37 Å². The third kappa shape index (κ3) is 3.07. The number of oxazole rings is 1. The van der Waals surface area contributed by atoms with E-state index in [1.165, 1.54) is 25.0 Å². The Balaban J connectivity index is 1.70. The highest BCUT2D eigenvalue weighted by Crippen LogP contribution is 2.22. The van der Waals surface area contributed by atoms with Crippen molar-refractivity contribution in [2.24, 2.45) is 5.92 Å². The summed E-state index contributed by atoms with van der Waals surface area (Å²) in [4.78, 5) is 6.87. The van der Waals surface area contributed by atoms with E-state index in [1.54, 1.807) is 12.3 Å². The summed E-state index contributed by atoms with van der Waals surface area (Å²) in [6.07, 6.45) is 4.24. The zero-order valence-corrected chi connectivity index (χ0v) is 11.7. The third-order valence-corrected chi connectivity index (χ3v) is 3.75. The van der Waals surface area contributed by atoms with Gasteiger partial charge in [-0.3, -0.25) is 4.90 Å². The Morgan fingerprint density at radius 3 is 3.15 bits per heavy atom. The van der Waals surface area contributed by atoms with Crippen LogP contribution in [0.3, 0.4) is 0 Å². The first kappa shape index (κ1) is 13.3. The predicted molar refractivity (Wildman–Crippen MR) is 75.6 cm³/mol. The fraction of sp³-hybridized carbons (Fsp3) is 0.438. The minimum Gasteiger partial charge on any atom is -0.444 e. The second-order valence-corrected chi connectivity index (χ2v) is 5.64. The van der Waals surface area contributed by atoms with Crippen molar-refractivity contribution in [3.63, 3.8) is 0 Å². The molecule has 1 aliphatic heterocycles. The standard InChI is InChI=1S/C16H19FN2O/c1-12-4-3-7-19(9-12)10-15-11-20-16(18-15)13-5-2-6-14(17)8-13/h2,5-6,8,11-12H,3-4,7,9-10H2,1H3/t12-/m0/s1. The predicted octanol–water partition coefficient (Wildman–Crippen LogP) is 3.71. The Labute approximate surface area is 118 Å². The summed E-state index contributed by atoms with van der Waals surface area (Å²) in [7, 11) is 0. The van der Waals surface area contributed by atoms with Gasteiger partial charge in [0.15, 0.2) is 0 Å². The molecule has 2 aromatic rings. The van der Waals surface area contributed by atoms with Gasteiger partial charge in [0.2, 0.25) is 5.89 Å². The first-order valence-electron chi connectivity index (χ1n) is 7.13. The zero-order chi connectivity index (χ0) is 13.9. The summed E-state index contributed by atoms with van der Waals surface area (Å²) >= 11 is 0. The molecule has 0 spiro atoms. The Morgan fingerprint density at radius 1 is 1.45 bits per heavy atom. The Bertz CT molecular complexity index is 581. The maximum atomic E-state index is 13.2. The van der Waals surface area contributed by atoms with Gasteiger partial charge in [-0.15, -0.1) is 0 Å². The number of rotatable bonds is 3. The van der Waals surface area contributed by atoms with Crippen molar-refractivity contribution in [3.05, 3.63) is 42.0 Å². The average Bonchev–Trinajstić information content (AvgIpc) is 2.87. The third-order valence-electron chi connectivity index (χ3n) is 3.75. The van der Waals surface area contributed by atoms with Crippen LogP contribution in [-0.2, 0) is 6.54 Å². The number of hydrogen-bond donors (Lipinski definition) is 0. The molecule has 0 amide bonds. The molecule has 2 heterocycles. The molecule has 0 unspecified atom stereocenters. The summed E-state index contributed by atoms with van der Waals surface area (Å²) < 4.78 is 18.7. The second-order valence-electron chi connectivity index (χ2n) is 5.64. The van der Waals surface area contributed by atoms with E-state index in [4.69, 9.17) is 4.42 Å². The molecule has 1 saturated heterocycles. The van der Waals surface area contributed by atoms with Gasteiger partial charge in [0, 0.05) is 18.7 Å². The van der Waals surface area contributed by atoms with Gasteiger partial charge in [-0.05, 0) is 43.5 Å². The summed E-state index contributed by atoms with van der Waals surface area (Å²) in [6.45, 7) is 5.32. The van der Waals surface area contributed by atoms with Gasteiger partial charge in [0.25, 0.3) is 0 Å². The molecule has 4 heteroatoms. The van der Waals surface area contributed by atoms with Crippen molar-refractivity contribution in [2.45, 2.75) is 26.3 Å². The largest absolute Gasteiger partial charge is 0.444 e. The van der Waals surface area contributed by atoms with Crippen LogP contribution in [0.4, 0.5) is 4.39 Å². The molecule has 106 valence electrons. The van der Waals surface area contributed by atoms with Crippen molar-refractivity contribution in [3.8, 4) is 11.5 Å². The Morgan fingerprint density at radius 2 is 2.35 bits per heavy atom. The van der Waals surface area contributed by atoms with Crippen LogP contribution >= 0.6 is 0 Å². The number of benzene rings is 1. The molecule has 3 nitrogen and oxygen atoms in total. The molecule has 0 bridgehead atoms. The van der Waals surface area contributed by atoms with Crippen molar-refractivity contribution in [1.29, 1.82) is 0 Å². The number of piperidine rings is 1. The van der Waals surface area contributed by atoms with Crippen LogP contribution < -0.4 is 0 Å². The molecule has 0 aliphatic carbocycles. The van der Waals surface area contributed by atoms with Gasteiger partial charge >= 0.3 is 0 Å². The van der Waals surface area contributed by atoms with E-state index in [2.05, 4.69) is 16.8 Å². The Kier molecular flexibility index (Phi) is 3.83. The van der Waals surface area contributed by atoms with Crippen LogP contribution in [0.25, 0.3) is 11.5 Å². The lowest BCUT2D eigenvalue weighted by atomic mass is 10.0. The number of nitrogens with zero attached hydrogens (tertiary/aromatic N) is 2. The van der Waals surface area contributed by atoms with Crippen molar-refractivity contribution in [1.82, 2.24) is 9.88 Å². The van der Waals surface area contributed by atoms with Crippen LogP contribution in [0.15, 0.2) is 34.9 Å².